The number of pyridine rings is 1. The first-order chi connectivity index (χ1) is 32.3. The molecule has 9 rings (SSSR count). The Labute approximate surface area is 380 Å². The Morgan fingerprint density at radius 3 is 2.02 bits per heavy atom. The van der Waals surface area contributed by atoms with Gasteiger partial charge in [0.1, 0.15) is 11.6 Å². The first kappa shape index (κ1) is 30.7. The van der Waals surface area contributed by atoms with Gasteiger partial charge in [0, 0.05) is 50.9 Å². The summed E-state index contributed by atoms with van der Waals surface area (Å²) in [7, 11) is 0. The molecule has 4 nitrogen and oxygen atoms in total. The van der Waals surface area contributed by atoms with Crippen LogP contribution in [0.15, 0.2) is 164 Å². The molecule has 0 saturated heterocycles. The maximum Gasteiger partial charge on any atom is 0.148 e. The van der Waals surface area contributed by atoms with Gasteiger partial charge in [0.25, 0.3) is 0 Å². The standard InChI is InChI=1S/C55H46N3O.Pt/c1-35-20-22-39(23-21-35)41-26-27-56-49(33-41)44-31-42(38-14-9-7-10-15-38)30-43(32-44)46-18-13-19-51-52(46)57-54(48-29-36(2)28-37(3)53(48)59)58(51)50-25-24-45(55(4,5)6)34-47(50)40-16-11-8-12-17-40;/h7-31,33-34,59H,1-6H3;/q-1;/i4D3,5D3,6D3;. The van der Waals surface area contributed by atoms with Gasteiger partial charge in [-0.25, -0.2) is 4.98 Å². The van der Waals surface area contributed by atoms with Crippen LogP contribution in [0.1, 0.15) is 55.1 Å². The van der Waals surface area contributed by atoms with E-state index >= 15 is 0 Å². The molecule has 0 atom stereocenters. The molecule has 2 heterocycles. The Morgan fingerprint density at radius 1 is 0.583 bits per heavy atom. The second kappa shape index (κ2) is 16.4. The number of phenols is 1. The maximum absolute atomic E-state index is 11.9. The van der Waals surface area contributed by atoms with Crippen molar-refractivity contribution in [1.82, 2.24) is 14.5 Å². The van der Waals surface area contributed by atoms with Crippen molar-refractivity contribution >= 4 is 11.0 Å². The molecule has 0 unspecified atom stereocenters. The number of aromatic nitrogens is 3. The first-order valence-corrected chi connectivity index (χ1v) is 19.5. The molecule has 2 aromatic heterocycles. The maximum atomic E-state index is 11.9. The summed E-state index contributed by atoms with van der Waals surface area (Å²) in [6.07, 6.45) is 1.80. The number of rotatable bonds is 7. The van der Waals surface area contributed by atoms with Gasteiger partial charge in [-0.3, -0.25) is 9.55 Å². The van der Waals surface area contributed by atoms with Crippen molar-refractivity contribution in [1.29, 1.82) is 0 Å². The van der Waals surface area contributed by atoms with Crippen LogP contribution in [0.2, 0.25) is 0 Å². The van der Waals surface area contributed by atoms with E-state index in [1.54, 1.807) is 43.5 Å². The van der Waals surface area contributed by atoms with Gasteiger partial charge in [-0.15, -0.1) is 23.8 Å². The Kier molecular flexibility index (Phi) is 8.36. The fraction of sp³-hybridized carbons (Fsp3) is 0.127. The van der Waals surface area contributed by atoms with Crippen molar-refractivity contribution in [2.24, 2.45) is 0 Å². The number of aromatic hydroxyl groups is 1. The van der Waals surface area contributed by atoms with E-state index in [2.05, 4.69) is 55.5 Å². The minimum Gasteiger partial charge on any atom is -0.507 e. The predicted octanol–water partition coefficient (Wildman–Crippen LogP) is 14.1. The van der Waals surface area contributed by atoms with E-state index in [1.165, 1.54) is 12.1 Å². The Bertz CT molecular complexity index is 3310. The van der Waals surface area contributed by atoms with Crippen molar-refractivity contribution in [3.63, 3.8) is 0 Å². The number of benzene rings is 7. The monoisotopic (exact) mass is 968 g/mol. The molecule has 60 heavy (non-hydrogen) atoms. The van der Waals surface area contributed by atoms with Crippen LogP contribution in [0.4, 0.5) is 0 Å². The number of imidazole rings is 1. The smallest absolute Gasteiger partial charge is 0.148 e. The number of aryl methyl sites for hydroxylation is 3. The number of hydrogen-bond acceptors (Lipinski definition) is 3. The van der Waals surface area contributed by atoms with E-state index in [0.29, 0.717) is 55.9 Å². The van der Waals surface area contributed by atoms with E-state index in [0.717, 1.165) is 44.6 Å². The number of nitrogens with zero attached hydrogens (tertiary/aromatic N) is 3. The zero-order chi connectivity index (χ0) is 48.3. The zero-order valence-electron chi connectivity index (χ0n) is 42.2. The molecule has 0 aliphatic heterocycles. The Hall–Kier alpha value is -6.35. The molecule has 0 spiro atoms. The van der Waals surface area contributed by atoms with Crippen LogP contribution in [0, 0.1) is 26.8 Å². The molecule has 0 aliphatic rings. The van der Waals surface area contributed by atoms with Gasteiger partial charge in [0.15, 0.2) is 0 Å². The van der Waals surface area contributed by atoms with Crippen molar-refractivity contribution in [2.75, 3.05) is 0 Å². The third-order valence-electron chi connectivity index (χ3n) is 10.8. The van der Waals surface area contributed by atoms with Crippen LogP contribution in [0.25, 0.3) is 83.9 Å². The molecule has 298 valence electrons. The van der Waals surface area contributed by atoms with Crippen LogP contribution >= 0.6 is 0 Å². The Morgan fingerprint density at radius 2 is 1.28 bits per heavy atom. The molecule has 0 radical (unpaired) electrons. The predicted molar refractivity (Wildman–Crippen MR) is 245 cm³/mol. The van der Waals surface area contributed by atoms with E-state index in [1.807, 2.05) is 84.3 Å². The second-order valence-electron chi connectivity index (χ2n) is 15.1. The zero-order valence-corrected chi connectivity index (χ0v) is 35.5. The minimum atomic E-state index is -3.48. The summed E-state index contributed by atoms with van der Waals surface area (Å²) < 4.78 is 78.7. The van der Waals surface area contributed by atoms with E-state index in [9.17, 15) is 5.11 Å². The molecule has 9 aromatic rings. The van der Waals surface area contributed by atoms with Gasteiger partial charge in [-0.2, -0.15) is 0 Å². The van der Waals surface area contributed by atoms with Gasteiger partial charge in [-0.05, 0) is 95.5 Å². The summed E-state index contributed by atoms with van der Waals surface area (Å²) in [6, 6.07) is 52.9. The normalized spacial score (nSPS) is 14.3. The minimum absolute atomic E-state index is 0. The van der Waals surface area contributed by atoms with Gasteiger partial charge >= 0.3 is 0 Å². The quantitative estimate of drug-likeness (QED) is 0.162. The van der Waals surface area contributed by atoms with Gasteiger partial charge in [-0.1, -0.05) is 158 Å². The molecule has 0 saturated carbocycles. The van der Waals surface area contributed by atoms with Gasteiger partial charge in [0.05, 0.1) is 22.3 Å². The van der Waals surface area contributed by atoms with Crippen molar-refractivity contribution in [3.05, 3.63) is 192 Å². The Balaban J connectivity index is 0.00000642. The van der Waals surface area contributed by atoms with Gasteiger partial charge < -0.3 is 5.11 Å². The average Bonchev–Trinajstić information content (AvgIpc) is 3.69. The summed E-state index contributed by atoms with van der Waals surface area (Å²) >= 11 is 0. The molecule has 5 heteroatoms. The average molecular weight is 969 g/mol. The molecule has 0 aliphatic carbocycles. The molecule has 7 aromatic carbocycles. The number of fused-ring (bicyclic) bond motifs is 1. The topological polar surface area (TPSA) is 50.9 Å². The largest absolute Gasteiger partial charge is 0.507 e. The van der Waals surface area contributed by atoms with Crippen LogP contribution in [-0.4, -0.2) is 19.6 Å². The molecular weight excluding hydrogens is 914 g/mol. The molecule has 0 amide bonds. The number of hydrogen-bond donors (Lipinski definition) is 1. The first-order valence-electron chi connectivity index (χ1n) is 24.0. The van der Waals surface area contributed by atoms with Crippen LogP contribution in [-0.2, 0) is 26.5 Å². The van der Waals surface area contributed by atoms with Crippen molar-refractivity contribution in [3.8, 4) is 78.6 Å². The fourth-order valence-corrected chi connectivity index (χ4v) is 7.84. The second-order valence-corrected chi connectivity index (χ2v) is 15.1. The van der Waals surface area contributed by atoms with Crippen LogP contribution in [0.5, 0.6) is 5.75 Å². The molecular formula is C55H46N3OPt-. The summed E-state index contributed by atoms with van der Waals surface area (Å²) in [4.78, 5) is 10.2. The van der Waals surface area contributed by atoms with Crippen LogP contribution < -0.4 is 0 Å². The summed E-state index contributed by atoms with van der Waals surface area (Å²) in [5, 5.41) is 11.9. The molecule has 0 fully saturated rings. The van der Waals surface area contributed by atoms with Crippen molar-refractivity contribution < 1.29 is 38.5 Å². The molecule has 1 N–H and O–H groups in total. The van der Waals surface area contributed by atoms with Gasteiger partial charge in [0.2, 0.25) is 0 Å². The molecule has 0 bridgehead atoms. The summed E-state index contributed by atoms with van der Waals surface area (Å²) in [5.41, 5.74) is 8.74. The SMILES string of the molecule is [2H]C([2H])([2H])C(c1ccc(-n2c(-c3cc(C)cc(C)c3O)nc3c(-c4[c-]c(-c5cc(-c6ccc(C)cc6)ccn5)cc(-c5ccccc5)c4)cccc32)c(-c2ccccc2)c1)(C([2H])([2H])[2H])C([2H])([2H])[2H].[Pt]. The van der Waals surface area contributed by atoms with Crippen molar-refractivity contribution in [2.45, 2.75) is 46.7 Å². The fourth-order valence-electron chi connectivity index (χ4n) is 7.84. The summed E-state index contributed by atoms with van der Waals surface area (Å²) in [6.45, 7) is -4.66. The van der Waals surface area contributed by atoms with E-state index in [-0.39, 0.29) is 32.4 Å². The third kappa shape index (κ3) is 7.76. The third-order valence-corrected chi connectivity index (χ3v) is 10.8. The number of phenolic OH excluding ortho intramolecular Hbond substituents is 1. The van der Waals surface area contributed by atoms with Crippen LogP contribution in [0.3, 0.4) is 0 Å². The number of para-hydroxylation sites is 1. The van der Waals surface area contributed by atoms with E-state index in [4.69, 9.17) is 22.3 Å². The van der Waals surface area contributed by atoms with E-state index < -0.39 is 26.0 Å². The summed E-state index contributed by atoms with van der Waals surface area (Å²) in [5.74, 6) is 0.333.